The van der Waals surface area contributed by atoms with Crippen molar-refractivity contribution < 1.29 is 0 Å². The summed E-state index contributed by atoms with van der Waals surface area (Å²) in [5.41, 5.74) is 11.6. The molecule has 0 aliphatic heterocycles. The van der Waals surface area contributed by atoms with Crippen molar-refractivity contribution in [3.63, 3.8) is 0 Å². The fourth-order valence-electron chi connectivity index (χ4n) is 13.6. The van der Waals surface area contributed by atoms with Crippen molar-refractivity contribution in [2.75, 3.05) is 0 Å². The average molecular weight is 1080 g/mol. The molecule has 83 heavy (non-hydrogen) atoms. The molecule has 0 amide bonds. The molecule has 0 radical (unpaired) electrons. The van der Waals surface area contributed by atoms with Gasteiger partial charge in [-0.25, -0.2) is 0 Å². The molecule has 0 unspecified atom stereocenters. The van der Waals surface area contributed by atoms with E-state index in [2.05, 4.69) is 316 Å². The monoisotopic (exact) mass is 1080 g/mol. The molecule has 17 rings (SSSR count). The van der Waals surface area contributed by atoms with Crippen molar-refractivity contribution in [1.82, 2.24) is 33.2 Å². The molecular weight excluding hydrogens is 1030 g/mol. The molecule has 0 spiro atoms. The van der Waals surface area contributed by atoms with E-state index in [1.54, 1.807) is 0 Å². The van der Waals surface area contributed by atoms with Crippen molar-refractivity contribution in [3.8, 4) is 34.7 Å². The second-order valence-corrected chi connectivity index (χ2v) is 25.3. The first kappa shape index (κ1) is 46.9. The first-order valence-electron chi connectivity index (χ1n) is 28.3. The smallest absolute Gasteiger partial charge is 0.240 e. The van der Waals surface area contributed by atoms with Gasteiger partial charge >= 0.3 is 0 Å². The number of hydrogen-bond acceptors (Lipinski definition) is 3. The minimum atomic E-state index is -2.84. The molecule has 5 aromatic heterocycles. The Hall–Kier alpha value is -10.9. The van der Waals surface area contributed by atoms with Crippen LogP contribution in [0.3, 0.4) is 0 Å². The summed E-state index contributed by atoms with van der Waals surface area (Å²) in [6.45, 7) is 0. The fraction of sp³-hybridized carbons (Fsp3) is 0. The van der Waals surface area contributed by atoms with Gasteiger partial charge in [-0.3, -0.25) is 9.13 Å². The van der Waals surface area contributed by atoms with Crippen LogP contribution in [-0.4, -0.2) is 41.3 Å². The van der Waals surface area contributed by atoms with Crippen molar-refractivity contribution in [2.24, 2.45) is 0 Å². The zero-order valence-corrected chi connectivity index (χ0v) is 45.9. The lowest BCUT2D eigenvalue weighted by Gasteiger charge is -2.34. The highest BCUT2D eigenvalue weighted by atomic mass is 28.3. The van der Waals surface area contributed by atoms with Crippen LogP contribution in [0.15, 0.2) is 297 Å². The van der Waals surface area contributed by atoms with E-state index in [0.717, 1.165) is 71.6 Å². The molecule has 12 aromatic carbocycles. The first-order chi connectivity index (χ1) is 41.2. The zero-order chi connectivity index (χ0) is 54.6. The normalized spacial score (nSPS) is 12.1. The SMILES string of the molecule is c1ccc([Si](c2ccccc2)(c2ccccc2)c2ccc(-c3nc(-n4c5ccccc5c5cc(-n6c7ccccc7c7ccccc76)ccc54)nc(-n4c5ccccc5c5ccc(-n6c7ccccc7c7ccccc76)cc54)n3)cc2)cc1. The molecule has 7 nitrogen and oxygen atoms in total. The molecule has 0 N–H and O–H groups in total. The van der Waals surface area contributed by atoms with Gasteiger partial charge in [0.15, 0.2) is 13.9 Å². The third-order valence-corrected chi connectivity index (χ3v) is 22.0. The van der Waals surface area contributed by atoms with E-state index >= 15 is 0 Å². The number of nitrogens with zero attached hydrogens (tertiary/aromatic N) is 7. The number of rotatable bonds is 9. The minimum Gasteiger partial charge on any atom is -0.309 e. The molecule has 0 bridgehead atoms. The van der Waals surface area contributed by atoms with Crippen LogP contribution in [-0.2, 0) is 0 Å². The van der Waals surface area contributed by atoms with Gasteiger partial charge in [0, 0.05) is 60.0 Å². The molecule has 0 aliphatic carbocycles. The molecule has 0 aliphatic rings. The second-order valence-electron chi connectivity index (χ2n) is 21.5. The largest absolute Gasteiger partial charge is 0.309 e. The lowest BCUT2D eigenvalue weighted by Crippen LogP contribution is -2.74. The summed E-state index contributed by atoms with van der Waals surface area (Å²) >= 11 is 0. The van der Waals surface area contributed by atoms with Gasteiger partial charge in [-0.05, 0) is 87.5 Å². The Morgan fingerprint density at radius 1 is 0.217 bits per heavy atom. The lowest BCUT2D eigenvalue weighted by molar-refractivity contribution is 0.892. The van der Waals surface area contributed by atoms with Gasteiger partial charge in [0.2, 0.25) is 11.9 Å². The van der Waals surface area contributed by atoms with E-state index in [-0.39, 0.29) is 0 Å². The molecule has 388 valence electrons. The van der Waals surface area contributed by atoms with E-state index in [1.165, 1.54) is 53.3 Å². The number of benzene rings is 12. The van der Waals surface area contributed by atoms with Crippen LogP contribution in [0.1, 0.15) is 0 Å². The zero-order valence-electron chi connectivity index (χ0n) is 44.9. The van der Waals surface area contributed by atoms with E-state index < -0.39 is 8.07 Å². The van der Waals surface area contributed by atoms with E-state index in [1.807, 2.05) is 0 Å². The summed E-state index contributed by atoms with van der Waals surface area (Å²) in [6.07, 6.45) is 0. The molecular formula is C75H49N7Si. The van der Waals surface area contributed by atoms with Gasteiger partial charge in [-0.2, -0.15) is 15.0 Å². The van der Waals surface area contributed by atoms with Crippen LogP contribution in [0.4, 0.5) is 0 Å². The quantitative estimate of drug-likeness (QED) is 0.107. The Balaban J connectivity index is 0.921. The Kier molecular flexibility index (Phi) is 10.5. The molecule has 0 atom stereocenters. The maximum Gasteiger partial charge on any atom is 0.240 e. The lowest BCUT2D eigenvalue weighted by atomic mass is 10.1. The number of fused-ring (bicyclic) bond motifs is 12. The molecule has 17 aromatic rings. The van der Waals surface area contributed by atoms with Gasteiger partial charge < -0.3 is 9.13 Å². The first-order valence-corrected chi connectivity index (χ1v) is 30.3. The van der Waals surface area contributed by atoms with E-state index in [0.29, 0.717) is 17.7 Å². The van der Waals surface area contributed by atoms with Crippen LogP contribution in [0.5, 0.6) is 0 Å². The molecule has 5 heterocycles. The minimum absolute atomic E-state index is 0.522. The van der Waals surface area contributed by atoms with Crippen LogP contribution in [0, 0.1) is 0 Å². The molecule has 8 heteroatoms. The fourth-order valence-corrected chi connectivity index (χ4v) is 18.4. The van der Waals surface area contributed by atoms with Crippen LogP contribution in [0.2, 0.25) is 0 Å². The van der Waals surface area contributed by atoms with Crippen molar-refractivity contribution in [3.05, 3.63) is 297 Å². The number of hydrogen-bond donors (Lipinski definition) is 0. The molecule has 0 saturated heterocycles. The topological polar surface area (TPSA) is 58.4 Å². The Bertz CT molecular complexity index is 5180. The van der Waals surface area contributed by atoms with Crippen LogP contribution < -0.4 is 20.7 Å². The van der Waals surface area contributed by atoms with Crippen molar-refractivity contribution in [1.29, 1.82) is 0 Å². The van der Waals surface area contributed by atoms with Gasteiger partial charge in [0.05, 0.1) is 44.1 Å². The summed E-state index contributed by atoms with van der Waals surface area (Å²) < 4.78 is 9.25. The van der Waals surface area contributed by atoms with Crippen molar-refractivity contribution in [2.45, 2.75) is 0 Å². The van der Waals surface area contributed by atoms with E-state index in [4.69, 9.17) is 15.0 Å². The standard InChI is InChI=1S/C75H49N7Si/c1-4-22-53(23-5-1)83(54-24-6-2-7-25-54,55-26-8-3-9-27-55)56-44-40-50(41-45-56)73-76-74(81-70-39-21-15-33-62(70)64-48-51(43-47-71(64)81)79-65-34-16-10-28-57(65)58-29-11-17-35-66(58)79)78-75(77-73)82-69-38-20-14-32-61(69)63-46-42-52(49-72(63)82)80-67-36-18-12-30-59(67)60-31-13-19-37-68(60)80/h1-49H. The third kappa shape index (κ3) is 7.06. The maximum atomic E-state index is 5.67. The number of para-hydroxylation sites is 6. The third-order valence-electron chi connectivity index (χ3n) is 17.2. The second kappa shape index (κ2) is 18.6. The predicted molar refractivity (Wildman–Crippen MR) is 346 cm³/mol. The molecule has 0 fully saturated rings. The van der Waals surface area contributed by atoms with Crippen LogP contribution >= 0.6 is 0 Å². The van der Waals surface area contributed by atoms with Gasteiger partial charge in [-0.1, -0.05) is 231 Å². The van der Waals surface area contributed by atoms with Crippen molar-refractivity contribution >= 4 is 116 Å². The predicted octanol–water partition coefficient (Wildman–Crippen LogP) is 15.3. The summed E-state index contributed by atoms with van der Waals surface area (Å²) in [5.74, 6) is 1.62. The Labute approximate surface area is 478 Å². The summed E-state index contributed by atoms with van der Waals surface area (Å²) in [5, 5.41) is 14.5. The summed E-state index contributed by atoms with van der Waals surface area (Å²) in [7, 11) is -2.84. The van der Waals surface area contributed by atoms with E-state index in [9.17, 15) is 0 Å². The summed E-state index contributed by atoms with van der Waals surface area (Å²) in [6, 6.07) is 108. The highest BCUT2D eigenvalue weighted by Gasteiger charge is 2.41. The molecule has 0 saturated carbocycles. The number of aromatic nitrogens is 7. The van der Waals surface area contributed by atoms with Crippen LogP contribution in [0.25, 0.3) is 122 Å². The summed E-state index contributed by atoms with van der Waals surface area (Å²) in [4.78, 5) is 16.9. The Morgan fingerprint density at radius 3 is 0.964 bits per heavy atom. The maximum absolute atomic E-state index is 5.67. The highest BCUT2D eigenvalue weighted by molar-refractivity contribution is 7.19. The van der Waals surface area contributed by atoms with Gasteiger partial charge in [-0.15, -0.1) is 0 Å². The average Bonchev–Trinajstić information content (AvgIpc) is 2.88. The highest BCUT2D eigenvalue weighted by Crippen LogP contribution is 2.40. The Morgan fingerprint density at radius 2 is 0.530 bits per heavy atom. The van der Waals surface area contributed by atoms with Gasteiger partial charge in [0.1, 0.15) is 0 Å². The van der Waals surface area contributed by atoms with Gasteiger partial charge in [0.25, 0.3) is 0 Å².